The number of aryl methyl sites for hydroxylation is 1. The van der Waals surface area contributed by atoms with Crippen LogP contribution in [-0.2, 0) is 0 Å². The summed E-state index contributed by atoms with van der Waals surface area (Å²) in [6.45, 7) is 3.52. The number of nitro groups is 1. The highest BCUT2D eigenvalue weighted by Crippen LogP contribution is 2.40. The molecule has 2 aromatic carbocycles. The quantitative estimate of drug-likeness (QED) is 0.333. The number of nitro benzene ring substituents is 1. The lowest BCUT2D eigenvalue weighted by Crippen LogP contribution is -2.24. The van der Waals surface area contributed by atoms with E-state index in [4.69, 9.17) is 4.74 Å². The van der Waals surface area contributed by atoms with Crippen molar-refractivity contribution in [3.63, 3.8) is 0 Å². The number of non-ortho nitro benzene ring substituents is 1. The van der Waals surface area contributed by atoms with Crippen LogP contribution in [-0.4, -0.2) is 48.0 Å². The number of phenolic OH excluding ortho intramolecular Hbond substituents is 1. The first-order valence-corrected chi connectivity index (χ1v) is 9.57. The molecule has 0 aromatic heterocycles. The second kappa shape index (κ2) is 8.92. The lowest BCUT2D eigenvalue weighted by Gasteiger charge is -2.24. The lowest BCUT2D eigenvalue weighted by molar-refractivity contribution is -0.384. The number of ketones is 1. The van der Waals surface area contributed by atoms with Gasteiger partial charge in [-0.2, -0.15) is 0 Å². The number of nitrogens with zero attached hydrogens (tertiary/aromatic N) is 2. The molecule has 0 radical (unpaired) electrons. The number of ether oxygens (including phenoxy) is 1. The Bertz CT molecular complexity index is 1060. The highest BCUT2D eigenvalue weighted by Gasteiger charge is 2.24. The topological polar surface area (TPSA) is 92.9 Å². The van der Waals surface area contributed by atoms with E-state index in [9.17, 15) is 20.0 Å². The van der Waals surface area contributed by atoms with Gasteiger partial charge in [-0.25, -0.2) is 0 Å². The van der Waals surface area contributed by atoms with Crippen molar-refractivity contribution in [3.05, 3.63) is 74.9 Å². The fraction of sp³-hybridized carbons (Fsp3) is 0.261. The number of carbonyl (C=O) groups excluding carboxylic acids is 1. The van der Waals surface area contributed by atoms with Gasteiger partial charge in [-0.3, -0.25) is 14.9 Å². The average molecular weight is 408 g/mol. The zero-order valence-corrected chi connectivity index (χ0v) is 17.2. The summed E-state index contributed by atoms with van der Waals surface area (Å²) in [5.74, 6) is -0.252. The first-order chi connectivity index (χ1) is 14.3. The smallest absolute Gasteiger partial charge is 0.270 e. The summed E-state index contributed by atoms with van der Waals surface area (Å²) in [7, 11) is 3.48. The Labute approximate surface area is 175 Å². The number of rotatable bonds is 6. The number of phenols is 1. The Morgan fingerprint density at radius 2 is 2.10 bits per heavy atom. The molecular weight excluding hydrogens is 384 g/mol. The number of hydrogen-bond acceptors (Lipinski definition) is 6. The fourth-order valence-corrected chi connectivity index (χ4v) is 3.57. The Kier molecular flexibility index (Phi) is 6.32. The molecule has 1 aliphatic heterocycles. The van der Waals surface area contributed by atoms with Crippen molar-refractivity contribution in [3.8, 4) is 11.5 Å². The van der Waals surface area contributed by atoms with Crippen LogP contribution in [0.15, 0.2) is 42.5 Å². The van der Waals surface area contributed by atoms with Gasteiger partial charge >= 0.3 is 0 Å². The van der Waals surface area contributed by atoms with Crippen LogP contribution >= 0.6 is 0 Å². The Morgan fingerprint density at radius 1 is 1.33 bits per heavy atom. The van der Waals surface area contributed by atoms with Gasteiger partial charge in [0.25, 0.3) is 5.69 Å². The summed E-state index contributed by atoms with van der Waals surface area (Å²) in [4.78, 5) is 25.6. The maximum Gasteiger partial charge on any atom is 0.270 e. The molecule has 0 unspecified atom stereocenters. The zero-order valence-electron chi connectivity index (χ0n) is 17.2. The van der Waals surface area contributed by atoms with E-state index < -0.39 is 10.7 Å². The summed E-state index contributed by atoms with van der Waals surface area (Å²) in [5, 5.41) is 21.9. The van der Waals surface area contributed by atoms with Gasteiger partial charge in [-0.15, -0.1) is 0 Å². The third-order valence-electron chi connectivity index (χ3n) is 5.17. The maximum atomic E-state index is 12.9. The molecule has 0 fully saturated rings. The number of carbonyl (C=O) groups is 1. The zero-order chi connectivity index (χ0) is 21.8. The van der Waals surface area contributed by atoms with E-state index in [1.807, 2.05) is 14.0 Å². The molecule has 156 valence electrons. The SMILES string of the molecule is COc1cc(C)c(C2=CCN(C)CC2)c(O)c1C(=O)/C=C/c1cccc([N+](=O)[O-])c1. The van der Waals surface area contributed by atoms with Gasteiger partial charge in [0.05, 0.1) is 12.0 Å². The maximum absolute atomic E-state index is 12.9. The fourth-order valence-electron chi connectivity index (χ4n) is 3.57. The highest BCUT2D eigenvalue weighted by molar-refractivity contribution is 6.11. The highest BCUT2D eigenvalue weighted by atomic mass is 16.6. The molecule has 0 saturated heterocycles. The first kappa shape index (κ1) is 21.3. The predicted octanol–water partition coefficient (Wildman–Crippen LogP) is 4.23. The van der Waals surface area contributed by atoms with Crippen LogP contribution in [0.5, 0.6) is 11.5 Å². The molecule has 0 spiro atoms. The summed E-state index contributed by atoms with van der Waals surface area (Å²) < 4.78 is 5.36. The molecule has 0 bridgehead atoms. The molecule has 0 atom stereocenters. The number of allylic oxidation sites excluding steroid dienone is 1. The van der Waals surface area contributed by atoms with Crippen LogP contribution in [0.3, 0.4) is 0 Å². The number of likely N-dealkylation sites (N-methyl/N-ethyl adjacent to an activating group) is 1. The van der Waals surface area contributed by atoms with E-state index in [-0.39, 0.29) is 22.7 Å². The molecule has 1 N–H and O–H groups in total. The van der Waals surface area contributed by atoms with Crippen molar-refractivity contribution in [1.82, 2.24) is 4.90 Å². The normalized spacial score (nSPS) is 14.6. The summed E-state index contributed by atoms with van der Waals surface area (Å²) in [5.41, 5.74) is 3.04. The van der Waals surface area contributed by atoms with Crippen molar-refractivity contribution in [2.24, 2.45) is 0 Å². The molecule has 30 heavy (non-hydrogen) atoms. The van der Waals surface area contributed by atoms with Crippen molar-refractivity contribution in [2.45, 2.75) is 13.3 Å². The van der Waals surface area contributed by atoms with E-state index in [1.165, 1.54) is 31.4 Å². The second-order valence-corrected chi connectivity index (χ2v) is 7.29. The van der Waals surface area contributed by atoms with E-state index >= 15 is 0 Å². The minimum atomic E-state index is -0.490. The van der Waals surface area contributed by atoms with Crippen molar-refractivity contribution >= 4 is 23.1 Å². The van der Waals surface area contributed by atoms with Crippen molar-refractivity contribution in [1.29, 1.82) is 0 Å². The van der Waals surface area contributed by atoms with Crippen LogP contribution in [0, 0.1) is 17.0 Å². The number of aromatic hydroxyl groups is 1. The molecule has 2 aromatic rings. The molecule has 0 aliphatic carbocycles. The van der Waals surface area contributed by atoms with E-state index in [2.05, 4.69) is 11.0 Å². The van der Waals surface area contributed by atoms with Crippen LogP contribution in [0.1, 0.15) is 33.5 Å². The average Bonchev–Trinajstić information content (AvgIpc) is 2.73. The monoisotopic (exact) mass is 408 g/mol. The van der Waals surface area contributed by atoms with Crippen molar-refractivity contribution in [2.75, 3.05) is 27.2 Å². The third-order valence-corrected chi connectivity index (χ3v) is 5.17. The van der Waals surface area contributed by atoms with Crippen LogP contribution in [0.2, 0.25) is 0 Å². The Hall–Kier alpha value is -3.45. The largest absolute Gasteiger partial charge is 0.506 e. The van der Waals surface area contributed by atoms with Crippen molar-refractivity contribution < 1.29 is 19.6 Å². The van der Waals surface area contributed by atoms with Gasteiger partial charge in [0.1, 0.15) is 17.1 Å². The minimum Gasteiger partial charge on any atom is -0.506 e. The first-order valence-electron chi connectivity index (χ1n) is 9.57. The van der Waals surface area contributed by atoms with Gasteiger partial charge in [-0.05, 0) is 49.2 Å². The molecule has 1 aliphatic rings. The molecule has 0 amide bonds. The van der Waals surface area contributed by atoms with Crippen LogP contribution in [0.4, 0.5) is 5.69 Å². The van der Waals surface area contributed by atoms with Crippen LogP contribution in [0.25, 0.3) is 11.6 Å². The Morgan fingerprint density at radius 3 is 2.73 bits per heavy atom. The second-order valence-electron chi connectivity index (χ2n) is 7.29. The molecular formula is C23H24N2O5. The summed E-state index contributed by atoms with van der Waals surface area (Å²) in [6.07, 6.45) is 5.61. The molecule has 7 heteroatoms. The summed E-state index contributed by atoms with van der Waals surface area (Å²) in [6, 6.07) is 7.73. The van der Waals surface area contributed by atoms with Crippen LogP contribution < -0.4 is 4.74 Å². The van der Waals surface area contributed by atoms with Gasteiger partial charge in [0.2, 0.25) is 0 Å². The number of hydrogen-bond donors (Lipinski definition) is 1. The Balaban J connectivity index is 2.00. The van der Waals surface area contributed by atoms with Gasteiger partial charge < -0.3 is 14.7 Å². The predicted molar refractivity (Wildman–Crippen MR) is 116 cm³/mol. The molecule has 3 rings (SSSR count). The van der Waals surface area contributed by atoms with E-state index in [0.717, 1.165) is 30.6 Å². The standard InChI is InChI=1S/C23H24N2O5/c1-15-13-20(30-3)22(23(27)21(15)17-9-11-24(2)12-10-17)19(26)8-7-16-5-4-6-18(14-16)25(28)29/h4-9,13-14,27H,10-12H2,1-3H3/b8-7+. The summed E-state index contributed by atoms with van der Waals surface area (Å²) >= 11 is 0. The minimum absolute atomic E-state index is 0.0585. The van der Waals surface area contributed by atoms with Gasteiger partial charge in [0, 0.05) is 30.8 Å². The molecule has 1 heterocycles. The third kappa shape index (κ3) is 4.41. The number of methoxy groups -OCH3 is 1. The molecule has 7 nitrogen and oxygen atoms in total. The van der Waals surface area contributed by atoms with Gasteiger partial charge in [0.15, 0.2) is 5.78 Å². The van der Waals surface area contributed by atoms with E-state index in [0.29, 0.717) is 11.1 Å². The van der Waals surface area contributed by atoms with Gasteiger partial charge in [-0.1, -0.05) is 24.3 Å². The lowest BCUT2D eigenvalue weighted by atomic mass is 9.90. The molecule has 0 saturated carbocycles. The number of benzene rings is 2. The van der Waals surface area contributed by atoms with E-state index in [1.54, 1.807) is 18.2 Å².